The van der Waals surface area contributed by atoms with Gasteiger partial charge in [0.05, 0.1) is 0 Å². The van der Waals surface area contributed by atoms with Crippen LogP contribution in [0.1, 0.15) is 43.4 Å². The predicted octanol–water partition coefficient (Wildman–Crippen LogP) is 3.93. The van der Waals surface area contributed by atoms with Crippen molar-refractivity contribution in [2.75, 3.05) is 7.05 Å². The molecule has 0 aliphatic heterocycles. The Hall–Kier alpha value is -0.190. The fraction of sp³-hybridized carbons (Fsp3) is 0.643. The number of Topliss-reactive ketones (excluding diaryl/α,β-unsaturated/α-hetero) is 1. The molecule has 1 saturated carbocycles. The molecule has 4 heteroatoms. The maximum atomic E-state index is 12.2. The first kappa shape index (κ1) is 14.2. The highest BCUT2D eigenvalue weighted by Gasteiger charge is 2.32. The van der Waals surface area contributed by atoms with Crippen LogP contribution in [0.15, 0.2) is 15.9 Å². The highest BCUT2D eigenvalue weighted by atomic mass is 79.9. The summed E-state index contributed by atoms with van der Waals surface area (Å²) in [5.41, 5.74) is 0.0685. The number of nitrogens with one attached hydrogen (secondary N) is 1. The van der Waals surface area contributed by atoms with Gasteiger partial charge in [-0.1, -0.05) is 19.3 Å². The first-order valence-electron chi connectivity index (χ1n) is 6.58. The molecule has 1 aromatic rings. The van der Waals surface area contributed by atoms with E-state index in [9.17, 15) is 4.79 Å². The largest absolute Gasteiger partial charge is 0.314 e. The van der Waals surface area contributed by atoms with Gasteiger partial charge < -0.3 is 5.32 Å². The average Bonchev–Trinajstić information content (AvgIpc) is 2.76. The van der Waals surface area contributed by atoms with Crippen LogP contribution in [0.2, 0.25) is 0 Å². The molecule has 0 radical (unpaired) electrons. The van der Waals surface area contributed by atoms with E-state index in [1.54, 1.807) is 11.3 Å². The van der Waals surface area contributed by atoms with Crippen molar-refractivity contribution in [3.05, 3.63) is 20.8 Å². The first-order chi connectivity index (χ1) is 8.65. The average molecular weight is 330 g/mol. The van der Waals surface area contributed by atoms with Gasteiger partial charge in [0.2, 0.25) is 0 Å². The van der Waals surface area contributed by atoms with Crippen molar-refractivity contribution in [1.82, 2.24) is 5.32 Å². The molecule has 18 heavy (non-hydrogen) atoms. The lowest BCUT2D eigenvalue weighted by Gasteiger charge is -2.36. The van der Waals surface area contributed by atoms with Crippen molar-refractivity contribution >= 4 is 33.0 Å². The minimum absolute atomic E-state index is 0.0685. The molecule has 100 valence electrons. The van der Waals surface area contributed by atoms with E-state index in [0.717, 1.165) is 22.2 Å². The lowest BCUT2D eigenvalue weighted by atomic mass is 9.78. The van der Waals surface area contributed by atoms with Crippen LogP contribution in [0.5, 0.6) is 0 Å². The van der Waals surface area contributed by atoms with Gasteiger partial charge in [-0.3, -0.25) is 4.79 Å². The zero-order valence-electron chi connectivity index (χ0n) is 10.8. The van der Waals surface area contributed by atoms with E-state index < -0.39 is 0 Å². The normalized spacial score (nSPS) is 18.8. The fourth-order valence-corrected chi connectivity index (χ4v) is 4.33. The van der Waals surface area contributed by atoms with Gasteiger partial charge in [-0.2, -0.15) is 0 Å². The zero-order chi connectivity index (χ0) is 13.0. The molecule has 1 heterocycles. The van der Waals surface area contributed by atoms with Crippen molar-refractivity contribution in [2.45, 2.75) is 50.5 Å². The molecule has 2 nitrogen and oxygen atoms in total. The zero-order valence-corrected chi connectivity index (χ0v) is 13.2. The molecule has 0 amide bonds. The van der Waals surface area contributed by atoms with Gasteiger partial charge in [-0.25, -0.2) is 0 Å². The van der Waals surface area contributed by atoms with Crippen molar-refractivity contribution in [2.24, 2.45) is 0 Å². The van der Waals surface area contributed by atoms with E-state index in [1.165, 1.54) is 19.3 Å². The minimum Gasteiger partial charge on any atom is -0.314 e. The second-order valence-electron chi connectivity index (χ2n) is 5.17. The van der Waals surface area contributed by atoms with Crippen LogP contribution in [0.25, 0.3) is 0 Å². The minimum atomic E-state index is 0.0685. The van der Waals surface area contributed by atoms with E-state index in [2.05, 4.69) is 21.2 Å². The summed E-state index contributed by atoms with van der Waals surface area (Å²) in [4.78, 5) is 13.4. The van der Waals surface area contributed by atoms with E-state index >= 15 is 0 Å². The predicted molar refractivity (Wildman–Crippen MR) is 80.2 cm³/mol. The summed E-state index contributed by atoms with van der Waals surface area (Å²) < 4.78 is 1.07. The third kappa shape index (κ3) is 3.43. The molecule has 1 aliphatic rings. The van der Waals surface area contributed by atoms with Gasteiger partial charge in [0.1, 0.15) is 5.78 Å². The molecule has 0 unspecified atom stereocenters. The second kappa shape index (κ2) is 6.31. The maximum absolute atomic E-state index is 12.2. The topological polar surface area (TPSA) is 29.1 Å². The lowest BCUT2D eigenvalue weighted by Crippen LogP contribution is -2.46. The Morgan fingerprint density at radius 3 is 2.72 bits per heavy atom. The summed E-state index contributed by atoms with van der Waals surface area (Å²) in [6.45, 7) is 0. The van der Waals surface area contributed by atoms with Gasteiger partial charge in [-0.05, 0) is 47.3 Å². The summed E-state index contributed by atoms with van der Waals surface area (Å²) in [7, 11) is 2.00. The molecule has 0 spiro atoms. The van der Waals surface area contributed by atoms with Gasteiger partial charge in [0, 0.05) is 27.7 Å². The van der Waals surface area contributed by atoms with Crippen LogP contribution in [0, 0.1) is 0 Å². The maximum Gasteiger partial charge on any atom is 0.139 e. The van der Waals surface area contributed by atoms with Crippen molar-refractivity contribution in [3.63, 3.8) is 0 Å². The number of hydrogen-bond acceptors (Lipinski definition) is 3. The Balaban J connectivity index is 1.95. The third-order valence-electron chi connectivity index (χ3n) is 3.93. The van der Waals surface area contributed by atoms with Gasteiger partial charge in [-0.15, -0.1) is 11.3 Å². The molecule has 1 aliphatic carbocycles. The summed E-state index contributed by atoms with van der Waals surface area (Å²) in [5.74, 6) is 0.356. The summed E-state index contributed by atoms with van der Waals surface area (Å²) in [6, 6.07) is 2.02. The smallest absolute Gasteiger partial charge is 0.139 e. The summed E-state index contributed by atoms with van der Waals surface area (Å²) >= 11 is 5.15. The Labute approximate surface area is 121 Å². The standard InChI is InChI=1S/C14H20BrNOS/c1-16-14(6-3-2-4-7-14)10-11(17)9-13-12(15)5-8-18-13/h5,8,16H,2-4,6-7,9-10H2,1H3. The monoisotopic (exact) mass is 329 g/mol. The van der Waals surface area contributed by atoms with Crippen molar-refractivity contribution in [3.8, 4) is 0 Å². The number of carbonyl (C=O) groups excluding carboxylic acids is 1. The number of thiophene rings is 1. The quantitative estimate of drug-likeness (QED) is 0.886. The Morgan fingerprint density at radius 1 is 1.44 bits per heavy atom. The number of rotatable bonds is 5. The Kier molecular flexibility index (Phi) is 4.98. The number of ketones is 1. The summed E-state index contributed by atoms with van der Waals surface area (Å²) in [5, 5.41) is 5.44. The number of halogens is 1. The second-order valence-corrected chi connectivity index (χ2v) is 7.03. The number of carbonyl (C=O) groups is 1. The van der Waals surface area contributed by atoms with Crippen LogP contribution < -0.4 is 5.32 Å². The highest BCUT2D eigenvalue weighted by Crippen LogP contribution is 2.32. The van der Waals surface area contributed by atoms with Gasteiger partial charge in [0.25, 0.3) is 0 Å². The third-order valence-corrected chi connectivity index (χ3v) is 5.85. The Bertz CT molecular complexity index is 410. The van der Waals surface area contributed by atoms with E-state index in [-0.39, 0.29) is 5.54 Å². The molecule has 0 aromatic carbocycles. The van der Waals surface area contributed by atoms with E-state index in [4.69, 9.17) is 0 Å². The molecular weight excluding hydrogens is 310 g/mol. The summed E-state index contributed by atoms with van der Waals surface area (Å²) in [6.07, 6.45) is 7.33. The molecular formula is C14H20BrNOS. The SMILES string of the molecule is CNC1(CC(=O)Cc2sccc2Br)CCCCC1. The van der Waals surface area contributed by atoms with Crippen LogP contribution in [0.4, 0.5) is 0 Å². The Morgan fingerprint density at radius 2 is 2.17 bits per heavy atom. The number of hydrogen-bond donors (Lipinski definition) is 1. The van der Waals surface area contributed by atoms with E-state index in [0.29, 0.717) is 18.6 Å². The van der Waals surface area contributed by atoms with Gasteiger partial charge >= 0.3 is 0 Å². The van der Waals surface area contributed by atoms with Crippen LogP contribution in [-0.2, 0) is 11.2 Å². The highest BCUT2D eigenvalue weighted by molar-refractivity contribution is 9.10. The molecule has 0 bridgehead atoms. The molecule has 1 fully saturated rings. The molecule has 0 saturated heterocycles. The molecule has 0 atom stereocenters. The van der Waals surface area contributed by atoms with Gasteiger partial charge in [0.15, 0.2) is 0 Å². The van der Waals surface area contributed by atoms with E-state index in [1.807, 2.05) is 18.5 Å². The molecule has 1 N–H and O–H groups in total. The van der Waals surface area contributed by atoms with Crippen LogP contribution in [0.3, 0.4) is 0 Å². The van der Waals surface area contributed by atoms with Crippen LogP contribution in [-0.4, -0.2) is 18.4 Å². The van der Waals surface area contributed by atoms with Crippen LogP contribution >= 0.6 is 27.3 Å². The lowest BCUT2D eigenvalue weighted by molar-refractivity contribution is -0.120. The van der Waals surface area contributed by atoms with Crippen molar-refractivity contribution < 1.29 is 4.79 Å². The first-order valence-corrected chi connectivity index (χ1v) is 8.25. The fourth-order valence-electron chi connectivity index (χ4n) is 2.81. The molecule has 1 aromatic heterocycles. The molecule has 2 rings (SSSR count). The van der Waals surface area contributed by atoms with Crippen molar-refractivity contribution in [1.29, 1.82) is 0 Å².